The molecular weight excluding hydrogens is 306 g/mol. The van der Waals surface area contributed by atoms with Crippen LogP contribution in [0, 0.1) is 0 Å². The first kappa shape index (κ1) is 21.4. The van der Waals surface area contributed by atoms with E-state index in [0.29, 0.717) is 12.5 Å². The fourth-order valence-corrected chi connectivity index (χ4v) is 3.71. The van der Waals surface area contributed by atoms with Crippen LogP contribution >= 0.6 is 0 Å². The van der Waals surface area contributed by atoms with E-state index >= 15 is 0 Å². The number of likely N-dealkylation sites (tertiary alicyclic amines) is 1. The lowest BCUT2D eigenvalue weighted by Crippen LogP contribution is -2.49. The van der Waals surface area contributed by atoms with E-state index in [-0.39, 0.29) is 18.6 Å². The van der Waals surface area contributed by atoms with Gasteiger partial charge in [0.1, 0.15) is 0 Å². The molecule has 0 unspecified atom stereocenters. The van der Waals surface area contributed by atoms with Gasteiger partial charge in [0.2, 0.25) is 0 Å². The SMILES string of the molecule is C[C@H]1[C@@H](O)CC[C@@H](CCCCCCCCC[C@@H](O)CC(=O)O)N1C. The van der Waals surface area contributed by atoms with Crippen LogP contribution in [0.3, 0.4) is 0 Å². The molecule has 142 valence electrons. The maximum absolute atomic E-state index is 10.4. The fraction of sp³-hybridized carbons (Fsp3) is 0.947. The molecule has 0 bridgehead atoms. The summed E-state index contributed by atoms with van der Waals surface area (Å²) in [5, 5.41) is 27.9. The number of aliphatic carboxylic acids is 1. The summed E-state index contributed by atoms with van der Waals surface area (Å²) in [6.07, 6.45) is 11.1. The van der Waals surface area contributed by atoms with E-state index < -0.39 is 12.1 Å². The number of unbranched alkanes of at least 4 members (excludes halogenated alkanes) is 6. The minimum absolute atomic E-state index is 0.134. The Kier molecular flexibility index (Phi) is 10.5. The highest BCUT2D eigenvalue weighted by atomic mass is 16.4. The molecule has 0 aromatic carbocycles. The predicted octanol–water partition coefficient (Wildman–Crippen LogP) is 3.18. The number of carboxylic acids is 1. The molecule has 0 aliphatic carbocycles. The summed E-state index contributed by atoms with van der Waals surface area (Å²) >= 11 is 0. The van der Waals surface area contributed by atoms with Gasteiger partial charge < -0.3 is 15.3 Å². The molecule has 1 fully saturated rings. The van der Waals surface area contributed by atoms with E-state index in [2.05, 4.69) is 18.9 Å². The maximum atomic E-state index is 10.4. The maximum Gasteiger partial charge on any atom is 0.305 e. The minimum atomic E-state index is -0.921. The summed E-state index contributed by atoms with van der Waals surface area (Å²) in [4.78, 5) is 12.8. The standard InChI is InChI=1S/C19H37NO4/c1-15-18(22)13-12-16(20(15)2)10-8-6-4-3-5-7-9-11-17(21)14-19(23)24/h15-18,21-22H,3-14H2,1-2H3,(H,23,24)/t15-,16+,17+,18-/m0/s1. The van der Waals surface area contributed by atoms with Gasteiger partial charge in [0.05, 0.1) is 18.6 Å². The number of aliphatic hydroxyl groups excluding tert-OH is 2. The third-order valence-corrected chi connectivity index (χ3v) is 5.56. The molecule has 0 spiro atoms. The molecule has 1 rings (SSSR count). The highest BCUT2D eigenvalue weighted by Gasteiger charge is 2.30. The first-order valence-corrected chi connectivity index (χ1v) is 9.71. The third-order valence-electron chi connectivity index (χ3n) is 5.56. The number of piperidine rings is 1. The van der Waals surface area contributed by atoms with Crippen LogP contribution in [0.15, 0.2) is 0 Å². The molecule has 5 heteroatoms. The normalized spacial score (nSPS) is 26.4. The van der Waals surface area contributed by atoms with Crippen LogP contribution in [0.25, 0.3) is 0 Å². The summed E-state index contributed by atoms with van der Waals surface area (Å²) in [6, 6.07) is 0.902. The van der Waals surface area contributed by atoms with E-state index in [0.717, 1.165) is 25.7 Å². The molecule has 0 amide bonds. The number of rotatable bonds is 12. The van der Waals surface area contributed by atoms with Gasteiger partial charge in [-0.2, -0.15) is 0 Å². The lowest BCUT2D eigenvalue weighted by Gasteiger charge is -2.41. The number of hydrogen-bond donors (Lipinski definition) is 3. The van der Waals surface area contributed by atoms with Gasteiger partial charge in [-0.1, -0.05) is 44.9 Å². The van der Waals surface area contributed by atoms with Crippen molar-refractivity contribution in [3.8, 4) is 0 Å². The monoisotopic (exact) mass is 343 g/mol. The van der Waals surface area contributed by atoms with Gasteiger partial charge in [-0.25, -0.2) is 0 Å². The van der Waals surface area contributed by atoms with Crippen molar-refractivity contribution in [2.75, 3.05) is 7.05 Å². The largest absolute Gasteiger partial charge is 0.481 e. The Labute approximate surface area is 147 Å². The van der Waals surface area contributed by atoms with Crippen molar-refractivity contribution in [3.05, 3.63) is 0 Å². The molecule has 0 aromatic rings. The minimum Gasteiger partial charge on any atom is -0.481 e. The second-order valence-electron chi connectivity index (χ2n) is 7.51. The molecule has 4 atom stereocenters. The first-order chi connectivity index (χ1) is 11.4. The number of hydrogen-bond acceptors (Lipinski definition) is 4. The Balaban J connectivity index is 1.93. The molecule has 5 nitrogen and oxygen atoms in total. The van der Waals surface area contributed by atoms with Crippen LogP contribution in [-0.4, -0.2) is 57.5 Å². The summed E-state index contributed by atoms with van der Waals surface area (Å²) in [7, 11) is 2.14. The van der Waals surface area contributed by atoms with Gasteiger partial charge in [0, 0.05) is 12.1 Å². The van der Waals surface area contributed by atoms with E-state index in [1.807, 2.05) is 0 Å². The molecule has 24 heavy (non-hydrogen) atoms. The Morgan fingerprint density at radius 1 is 1.08 bits per heavy atom. The molecule has 0 radical (unpaired) electrons. The van der Waals surface area contributed by atoms with Crippen molar-refractivity contribution in [2.24, 2.45) is 0 Å². The van der Waals surface area contributed by atoms with Crippen LogP contribution in [-0.2, 0) is 4.79 Å². The number of likely N-dealkylation sites (N-methyl/N-ethyl adjacent to an activating group) is 1. The molecular formula is C19H37NO4. The zero-order chi connectivity index (χ0) is 17.9. The van der Waals surface area contributed by atoms with Gasteiger partial charge in [0.15, 0.2) is 0 Å². The summed E-state index contributed by atoms with van der Waals surface area (Å²) in [5.74, 6) is -0.921. The molecule has 1 heterocycles. The van der Waals surface area contributed by atoms with Gasteiger partial charge in [0.25, 0.3) is 0 Å². The predicted molar refractivity (Wildman–Crippen MR) is 96.1 cm³/mol. The van der Waals surface area contributed by atoms with Crippen LogP contribution in [0.2, 0.25) is 0 Å². The van der Waals surface area contributed by atoms with Crippen LogP contribution < -0.4 is 0 Å². The van der Waals surface area contributed by atoms with Gasteiger partial charge in [-0.05, 0) is 39.7 Å². The third kappa shape index (κ3) is 8.45. The van der Waals surface area contributed by atoms with Crippen molar-refractivity contribution in [2.45, 2.75) is 108 Å². The molecule has 0 saturated carbocycles. The summed E-state index contributed by atoms with van der Waals surface area (Å²) in [5.41, 5.74) is 0. The molecule has 1 aliphatic rings. The van der Waals surface area contributed by atoms with Crippen LogP contribution in [0.4, 0.5) is 0 Å². The number of nitrogens with zero attached hydrogens (tertiary/aromatic N) is 1. The highest BCUT2D eigenvalue weighted by Crippen LogP contribution is 2.25. The topological polar surface area (TPSA) is 81.0 Å². The van der Waals surface area contributed by atoms with Gasteiger partial charge in [-0.15, -0.1) is 0 Å². The average Bonchev–Trinajstić information content (AvgIpc) is 2.52. The Hall–Kier alpha value is -0.650. The molecule has 1 saturated heterocycles. The molecule has 3 N–H and O–H groups in total. The van der Waals surface area contributed by atoms with Crippen molar-refractivity contribution in [1.82, 2.24) is 4.90 Å². The lowest BCUT2D eigenvalue weighted by molar-refractivity contribution is -0.139. The second-order valence-corrected chi connectivity index (χ2v) is 7.51. The number of aliphatic hydroxyl groups is 2. The fourth-order valence-electron chi connectivity index (χ4n) is 3.71. The highest BCUT2D eigenvalue weighted by molar-refractivity contribution is 5.67. The van der Waals surface area contributed by atoms with Crippen LogP contribution in [0.1, 0.15) is 84.0 Å². The lowest BCUT2D eigenvalue weighted by atomic mass is 9.91. The molecule has 1 aliphatic heterocycles. The van der Waals surface area contributed by atoms with E-state index in [1.165, 1.54) is 38.5 Å². The van der Waals surface area contributed by atoms with Gasteiger partial charge in [-0.3, -0.25) is 9.69 Å². The number of carbonyl (C=O) groups is 1. The van der Waals surface area contributed by atoms with Crippen molar-refractivity contribution in [1.29, 1.82) is 0 Å². The average molecular weight is 344 g/mol. The van der Waals surface area contributed by atoms with Crippen molar-refractivity contribution < 1.29 is 20.1 Å². The number of carboxylic acid groups (broad SMARTS) is 1. The van der Waals surface area contributed by atoms with Crippen molar-refractivity contribution >= 4 is 5.97 Å². The Morgan fingerprint density at radius 2 is 1.67 bits per heavy atom. The Bertz CT molecular complexity index is 350. The zero-order valence-corrected chi connectivity index (χ0v) is 15.5. The molecule has 0 aromatic heterocycles. The Morgan fingerprint density at radius 3 is 2.29 bits per heavy atom. The first-order valence-electron chi connectivity index (χ1n) is 9.71. The van der Waals surface area contributed by atoms with E-state index in [1.54, 1.807) is 0 Å². The van der Waals surface area contributed by atoms with Gasteiger partial charge >= 0.3 is 5.97 Å². The van der Waals surface area contributed by atoms with Crippen LogP contribution in [0.5, 0.6) is 0 Å². The smallest absolute Gasteiger partial charge is 0.305 e. The van der Waals surface area contributed by atoms with E-state index in [9.17, 15) is 15.0 Å². The summed E-state index contributed by atoms with van der Waals surface area (Å²) in [6.45, 7) is 2.12. The van der Waals surface area contributed by atoms with E-state index in [4.69, 9.17) is 5.11 Å². The van der Waals surface area contributed by atoms with Crippen molar-refractivity contribution in [3.63, 3.8) is 0 Å². The zero-order valence-electron chi connectivity index (χ0n) is 15.5. The second kappa shape index (κ2) is 11.8. The summed E-state index contributed by atoms with van der Waals surface area (Å²) < 4.78 is 0. The quantitative estimate of drug-likeness (QED) is 0.474.